The highest BCUT2D eigenvalue weighted by Crippen LogP contribution is 2.31. The summed E-state index contributed by atoms with van der Waals surface area (Å²) < 4.78 is 27.8. The maximum atomic E-state index is 13.1. The zero-order valence-corrected chi connectivity index (χ0v) is 18.6. The second-order valence-corrected chi connectivity index (χ2v) is 10.1. The highest BCUT2D eigenvalue weighted by atomic mass is 35.5. The van der Waals surface area contributed by atoms with Crippen LogP contribution in [0.2, 0.25) is 5.02 Å². The van der Waals surface area contributed by atoms with Gasteiger partial charge in [-0.15, -0.1) is 4.31 Å². The Hall–Kier alpha value is -2.12. The maximum Gasteiger partial charge on any atom is 0.175 e. The first-order valence-electron chi connectivity index (χ1n) is 10.1. The molecule has 1 atom stereocenters. The summed E-state index contributed by atoms with van der Waals surface area (Å²) in [5.41, 5.74) is 3.80. The average molecular weight is 442 g/mol. The second-order valence-electron chi connectivity index (χ2n) is 7.73. The van der Waals surface area contributed by atoms with Crippen LogP contribution in [0.15, 0.2) is 59.5 Å². The molecule has 1 aliphatic heterocycles. The molecule has 3 aromatic rings. The van der Waals surface area contributed by atoms with Gasteiger partial charge in [-0.25, -0.2) is 9.97 Å². The summed E-state index contributed by atoms with van der Waals surface area (Å²) in [5, 5.41) is 0.670. The van der Waals surface area contributed by atoms with Crippen LogP contribution in [-0.4, -0.2) is 31.9 Å². The number of hydrogen-bond acceptors (Lipinski definition) is 4. The molecule has 156 valence electrons. The molecule has 0 fully saturated rings. The summed E-state index contributed by atoms with van der Waals surface area (Å²) in [6.45, 7) is 4.93. The quantitative estimate of drug-likeness (QED) is 0.538. The number of sulfonamides is 1. The lowest BCUT2D eigenvalue weighted by Crippen LogP contribution is -2.38. The third-order valence-corrected chi connectivity index (χ3v) is 7.50. The van der Waals surface area contributed by atoms with Crippen LogP contribution < -0.4 is 0 Å². The van der Waals surface area contributed by atoms with Gasteiger partial charge in [0.2, 0.25) is 0 Å². The fraction of sp³-hybridized carbons (Fsp3) is 0.304. The topological polar surface area (TPSA) is 69.2 Å². The lowest BCUT2D eigenvalue weighted by Gasteiger charge is -2.25. The van der Waals surface area contributed by atoms with Crippen LogP contribution in [0.5, 0.6) is 0 Å². The van der Waals surface area contributed by atoms with Gasteiger partial charge in [-0.2, -0.15) is 0 Å². The Kier molecular flexibility index (Phi) is 6.02. The van der Waals surface area contributed by atoms with Gasteiger partial charge in [0.05, 0.1) is 5.69 Å². The number of aromatic nitrogens is 2. The normalized spacial score (nSPS) is 16.7. The Labute approximate surface area is 183 Å². The average Bonchev–Trinajstić information content (AvgIpc) is 2.97. The predicted molar refractivity (Wildman–Crippen MR) is 119 cm³/mol. The molecule has 1 aliphatic rings. The Morgan fingerprint density at radius 1 is 1.00 bits per heavy atom. The van der Waals surface area contributed by atoms with Crippen molar-refractivity contribution in [2.75, 3.05) is 13.1 Å². The van der Waals surface area contributed by atoms with E-state index in [0.717, 1.165) is 28.3 Å². The molecule has 4 rings (SSSR count). The zero-order valence-electron chi connectivity index (χ0n) is 17.0. The Bertz CT molecular complexity index is 1090. The highest BCUT2D eigenvalue weighted by Gasteiger charge is 2.33. The predicted octanol–water partition coefficient (Wildman–Crippen LogP) is 4.93. The van der Waals surface area contributed by atoms with E-state index in [-0.39, 0.29) is 5.92 Å². The largest absolute Gasteiger partial charge is 0.593 e. The van der Waals surface area contributed by atoms with Gasteiger partial charge in [-0.3, -0.25) is 0 Å². The Morgan fingerprint density at radius 3 is 2.33 bits per heavy atom. The molecular formula is C23H24ClN3O2S. The summed E-state index contributed by atoms with van der Waals surface area (Å²) in [6.07, 6.45) is 1.13. The molecule has 0 saturated heterocycles. The summed E-state index contributed by atoms with van der Waals surface area (Å²) in [4.78, 5) is 9.98. The van der Waals surface area contributed by atoms with E-state index in [9.17, 15) is 8.76 Å². The van der Waals surface area contributed by atoms with E-state index >= 15 is 0 Å². The molecule has 0 N–H and O–H groups in total. The Morgan fingerprint density at radius 2 is 1.67 bits per heavy atom. The second kappa shape index (κ2) is 8.55. The summed E-state index contributed by atoms with van der Waals surface area (Å²) in [5.74, 6) is 0.951. The minimum absolute atomic E-state index is 0.175. The van der Waals surface area contributed by atoms with Crippen molar-refractivity contribution < 1.29 is 8.76 Å². The molecule has 0 bridgehead atoms. The van der Waals surface area contributed by atoms with E-state index in [2.05, 4.69) is 13.8 Å². The van der Waals surface area contributed by atoms with Gasteiger partial charge in [0.25, 0.3) is 0 Å². The SMILES string of the molecule is CC(C)c1nc2c(c(-c3ccc(Cl)cc3)n1)CCN([S+](=O)([O-])c1ccccc1)CC2. The lowest BCUT2D eigenvalue weighted by atomic mass is 10.00. The van der Waals surface area contributed by atoms with Gasteiger partial charge < -0.3 is 4.55 Å². The number of rotatable bonds is 4. The van der Waals surface area contributed by atoms with E-state index in [4.69, 9.17) is 21.6 Å². The van der Waals surface area contributed by atoms with Crippen LogP contribution >= 0.6 is 11.6 Å². The van der Waals surface area contributed by atoms with Crippen molar-refractivity contribution in [2.45, 2.75) is 37.5 Å². The van der Waals surface area contributed by atoms with Crippen LogP contribution in [-0.2, 0) is 27.5 Å². The number of halogens is 1. The van der Waals surface area contributed by atoms with Crippen LogP contribution in [0.25, 0.3) is 11.3 Å². The smallest absolute Gasteiger partial charge is 0.175 e. The van der Waals surface area contributed by atoms with Crippen LogP contribution in [0.4, 0.5) is 0 Å². The molecule has 2 heterocycles. The molecule has 2 aromatic carbocycles. The van der Waals surface area contributed by atoms with Crippen molar-refractivity contribution in [3.8, 4) is 11.3 Å². The summed E-state index contributed by atoms with van der Waals surface area (Å²) in [7, 11) is -3.54. The fourth-order valence-electron chi connectivity index (χ4n) is 3.68. The van der Waals surface area contributed by atoms with Gasteiger partial charge >= 0.3 is 0 Å². The molecule has 1 aromatic heterocycles. The molecule has 0 radical (unpaired) electrons. The highest BCUT2D eigenvalue weighted by molar-refractivity contribution is 7.95. The minimum Gasteiger partial charge on any atom is -0.593 e. The first-order valence-corrected chi connectivity index (χ1v) is 11.9. The van der Waals surface area contributed by atoms with E-state index < -0.39 is 10.4 Å². The van der Waals surface area contributed by atoms with Crippen molar-refractivity contribution >= 4 is 22.0 Å². The molecule has 0 spiro atoms. The van der Waals surface area contributed by atoms with Crippen molar-refractivity contribution in [3.05, 3.63) is 76.7 Å². The van der Waals surface area contributed by atoms with Gasteiger partial charge in [0.1, 0.15) is 5.82 Å². The van der Waals surface area contributed by atoms with Gasteiger partial charge in [0.15, 0.2) is 15.3 Å². The first kappa shape index (κ1) is 21.1. The first-order chi connectivity index (χ1) is 14.4. The standard InChI is InChI=1S/C23H24ClN3O2S/c1-16(2)23-25-21-13-15-27(30(28,29)19-6-4-3-5-7-19)14-12-20(21)22(26-23)17-8-10-18(24)11-9-17/h3-11,16H,12-15H2,1-2H3. The van der Waals surface area contributed by atoms with Gasteiger partial charge in [-0.05, 0) is 30.7 Å². The van der Waals surface area contributed by atoms with E-state index in [1.54, 1.807) is 28.6 Å². The molecule has 0 amide bonds. The molecule has 5 nitrogen and oxygen atoms in total. The Balaban J connectivity index is 1.73. The van der Waals surface area contributed by atoms with Gasteiger partial charge in [0, 0.05) is 47.3 Å². The van der Waals surface area contributed by atoms with Crippen molar-refractivity contribution in [1.29, 1.82) is 0 Å². The van der Waals surface area contributed by atoms with Gasteiger partial charge in [-0.1, -0.05) is 60.0 Å². The third-order valence-electron chi connectivity index (χ3n) is 5.33. The van der Waals surface area contributed by atoms with E-state index in [1.807, 2.05) is 30.3 Å². The van der Waals surface area contributed by atoms with Crippen LogP contribution in [0.1, 0.15) is 36.8 Å². The molecule has 30 heavy (non-hydrogen) atoms. The fourth-order valence-corrected chi connectivity index (χ4v) is 5.27. The third kappa shape index (κ3) is 4.18. The summed E-state index contributed by atoms with van der Waals surface area (Å²) >= 11 is 6.07. The minimum atomic E-state index is -3.54. The van der Waals surface area contributed by atoms with E-state index in [0.29, 0.717) is 35.8 Å². The van der Waals surface area contributed by atoms with Crippen molar-refractivity contribution in [2.24, 2.45) is 0 Å². The zero-order chi connectivity index (χ0) is 21.3. The monoisotopic (exact) mass is 441 g/mol. The van der Waals surface area contributed by atoms with Crippen LogP contribution in [0, 0.1) is 0 Å². The number of nitrogens with zero attached hydrogens (tertiary/aromatic N) is 3. The van der Waals surface area contributed by atoms with Crippen molar-refractivity contribution in [1.82, 2.24) is 14.3 Å². The van der Waals surface area contributed by atoms with Crippen LogP contribution in [0.3, 0.4) is 0 Å². The molecule has 1 unspecified atom stereocenters. The van der Waals surface area contributed by atoms with E-state index in [1.165, 1.54) is 0 Å². The molecular weight excluding hydrogens is 418 g/mol. The maximum absolute atomic E-state index is 13.1. The molecule has 0 saturated carbocycles. The number of hydrogen-bond donors (Lipinski definition) is 0. The number of fused-ring (bicyclic) bond motifs is 1. The van der Waals surface area contributed by atoms with Crippen molar-refractivity contribution in [3.63, 3.8) is 0 Å². The lowest BCUT2D eigenvalue weighted by molar-refractivity contribution is 0.363. The molecule has 0 aliphatic carbocycles. The summed E-state index contributed by atoms with van der Waals surface area (Å²) in [6, 6.07) is 16.2. The molecule has 7 heteroatoms. The number of benzene rings is 2.